The summed E-state index contributed by atoms with van der Waals surface area (Å²) >= 11 is 0. The van der Waals surface area contributed by atoms with Gasteiger partial charge >= 0.3 is 0 Å². The lowest BCUT2D eigenvalue weighted by Crippen LogP contribution is -2.11. The van der Waals surface area contributed by atoms with Gasteiger partial charge in [0.05, 0.1) is 17.1 Å². The van der Waals surface area contributed by atoms with Crippen LogP contribution in [0.25, 0.3) is 0 Å². The van der Waals surface area contributed by atoms with E-state index in [0.717, 1.165) is 0 Å². The Morgan fingerprint density at radius 1 is 1.15 bits per heavy atom. The van der Waals surface area contributed by atoms with E-state index in [0.29, 0.717) is 17.1 Å². The molecule has 0 aliphatic rings. The normalized spacial score (nSPS) is 10.9. The number of rotatable bonds is 3. The highest BCUT2D eigenvalue weighted by Crippen LogP contribution is 2.27. The van der Waals surface area contributed by atoms with Crippen LogP contribution in [-0.4, -0.2) is 9.78 Å². The van der Waals surface area contributed by atoms with Crippen molar-refractivity contribution in [2.75, 3.05) is 5.73 Å². The number of anilines is 1. The fourth-order valence-corrected chi connectivity index (χ4v) is 1.64. The van der Waals surface area contributed by atoms with Crippen LogP contribution in [0.4, 0.5) is 23.2 Å². The van der Waals surface area contributed by atoms with E-state index in [1.807, 2.05) is 0 Å². The topological polar surface area (TPSA) is 53.1 Å². The second-order valence-corrected chi connectivity index (χ2v) is 4.15. The van der Waals surface area contributed by atoms with Crippen molar-refractivity contribution < 1.29 is 22.3 Å². The molecule has 108 valence electrons. The molecule has 0 saturated heterocycles. The van der Waals surface area contributed by atoms with Gasteiger partial charge in [0.25, 0.3) is 0 Å². The SMILES string of the molecule is Cc1nn(COc2c(F)c(F)cc(F)c2F)c(C)c1N. The maximum atomic E-state index is 13.4. The van der Waals surface area contributed by atoms with Crippen molar-refractivity contribution in [3.05, 3.63) is 40.7 Å². The highest BCUT2D eigenvalue weighted by Gasteiger charge is 2.21. The molecule has 2 N–H and O–H groups in total. The number of benzene rings is 1. The molecule has 1 aromatic heterocycles. The molecule has 0 unspecified atom stereocenters. The zero-order valence-corrected chi connectivity index (χ0v) is 10.7. The summed E-state index contributed by atoms with van der Waals surface area (Å²) in [6.07, 6.45) is 0. The first-order valence-electron chi connectivity index (χ1n) is 5.58. The average Bonchev–Trinajstić information content (AvgIpc) is 2.64. The maximum Gasteiger partial charge on any atom is 0.204 e. The summed E-state index contributed by atoms with van der Waals surface area (Å²) in [5.41, 5.74) is 7.10. The average molecular weight is 289 g/mol. The van der Waals surface area contributed by atoms with Gasteiger partial charge in [0, 0.05) is 6.07 Å². The largest absolute Gasteiger partial charge is 0.465 e. The standard InChI is InChI=1S/C12H11F4N3O/c1-5-11(17)6(2)19(18-5)4-20-12-9(15)7(13)3-8(14)10(12)16/h3H,4,17H2,1-2H3. The lowest BCUT2D eigenvalue weighted by Gasteiger charge is -2.10. The summed E-state index contributed by atoms with van der Waals surface area (Å²) in [5, 5.41) is 3.96. The minimum Gasteiger partial charge on any atom is -0.465 e. The van der Waals surface area contributed by atoms with Crippen molar-refractivity contribution in [2.45, 2.75) is 20.6 Å². The van der Waals surface area contributed by atoms with Crippen molar-refractivity contribution in [3.8, 4) is 5.75 Å². The van der Waals surface area contributed by atoms with Crippen LogP contribution < -0.4 is 10.5 Å². The lowest BCUT2D eigenvalue weighted by atomic mass is 10.3. The van der Waals surface area contributed by atoms with Crippen molar-refractivity contribution >= 4 is 5.69 Å². The van der Waals surface area contributed by atoms with Gasteiger partial charge in [-0.25, -0.2) is 13.5 Å². The van der Waals surface area contributed by atoms with Crippen LogP contribution in [0, 0.1) is 37.1 Å². The summed E-state index contributed by atoms with van der Waals surface area (Å²) in [6.45, 7) is 2.83. The third kappa shape index (κ3) is 2.28. The molecule has 8 heteroatoms. The second-order valence-electron chi connectivity index (χ2n) is 4.15. The summed E-state index contributed by atoms with van der Waals surface area (Å²) in [7, 11) is 0. The number of ether oxygens (including phenoxy) is 1. The molecule has 2 aromatic rings. The molecule has 1 aromatic carbocycles. The van der Waals surface area contributed by atoms with Gasteiger partial charge in [-0.2, -0.15) is 13.9 Å². The molecule has 4 nitrogen and oxygen atoms in total. The van der Waals surface area contributed by atoms with Gasteiger partial charge in [-0.1, -0.05) is 0 Å². The third-order valence-electron chi connectivity index (χ3n) is 2.84. The highest BCUT2D eigenvalue weighted by atomic mass is 19.2. The monoisotopic (exact) mass is 289 g/mol. The molecular formula is C12H11F4N3O. The number of hydrogen-bond donors (Lipinski definition) is 1. The molecule has 20 heavy (non-hydrogen) atoms. The summed E-state index contributed by atoms with van der Waals surface area (Å²) in [5.74, 6) is -7.40. The van der Waals surface area contributed by atoms with Gasteiger partial charge in [-0.05, 0) is 13.8 Å². The maximum absolute atomic E-state index is 13.4. The Hall–Kier alpha value is -2.25. The summed E-state index contributed by atoms with van der Waals surface area (Å²) in [6, 6.07) is 0.110. The lowest BCUT2D eigenvalue weighted by molar-refractivity contribution is 0.193. The van der Waals surface area contributed by atoms with E-state index in [-0.39, 0.29) is 6.07 Å². The molecule has 0 radical (unpaired) electrons. The molecule has 0 bridgehead atoms. The Balaban J connectivity index is 2.29. The highest BCUT2D eigenvalue weighted by molar-refractivity contribution is 5.46. The number of aryl methyl sites for hydroxylation is 1. The predicted octanol–water partition coefficient (Wildman–Crippen LogP) is 2.68. The van der Waals surface area contributed by atoms with Crippen molar-refractivity contribution in [1.29, 1.82) is 0 Å². The minimum atomic E-state index is -1.60. The van der Waals surface area contributed by atoms with Crippen LogP contribution in [0.15, 0.2) is 6.07 Å². The molecule has 0 aliphatic heterocycles. The van der Waals surface area contributed by atoms with E-state index in [9.17, 15) is 17.6 Å². The van der Waals surface area contributed by atoms with E-state index < -0.39 is 35.7 Å². The van der Waals surface area contributed by atoms with Gasteiger partial charge in [-0.3, -0.25) is 0 Å². The van der Waals surface area contributed by atoms with Crippen LogP contribution >= 0.6 is 0 Å². The van der Waals surface area contributed by atoms with Crippen LogP contribution in [0.3, 0.4) is 0 Å². The van der Waals surface area contributed by atoms with E-state index in [4.69, 9.17) is 10.5 Å². The van der Waals surface area contributed by atoms with Crippen molar-refractivity contribution in [2.24, 2.45) is 0 Å². The zero-order chi connectivity index (χ0) is 15.0. The molecular weight excluding hydrogens is 278 g/mol. The molecule has 0 aliphatic carbocycles. The van der Waals surface area contributed by atoms with Crippen LogP contribution in [0.2, 0.25) is 0 Å². The Morgan fingerprint density at radius 3 is 2.15 bits per heavy atom. The fraction of sp³-hybridized carbons (Fsp3) is 0.250. The smallest absolute Gasteiger partial charge is 0.204 e. The van der Waals surface area contributed by atoms with Gasteiger partial charge in [0.15, 0.2) is 24.1 Å². The van der Waals surface area contributed by atoms with Crippen molar-refractivity contribution in [3.63, 3.8) is 0 Å². The Kier molecular flexibility index (Phi) is 3.56. The van der Waals surface area contributed by atoms with E-state index in [1.165, 1.54) is 4.68 Å². The molecule has 0 amide bonds. The predicted molar refractivity (Wildman–Crippen MR) is 63.0 cm³/mol. The molecule has 2 rings (SSSR count). The fourth-order valence-electron chi connectivity index (χ4n) is 1.64. The number of halogens is 4. The Bertz CT molecular complexity index is 643. The third-order valence-corrected chi connectivity index (χ3v) is 2.84. The number of nitrogen functional groups attached to an aromatic ring is 1. The first-order valence-corrected chi connectivity index (χ1v) is 5.58. The number of hydrogen-bond acceptors (Lipinski definition) is 3. The molecule has 0 spiro atoms. The summed E-state index contributed by atoms with van der Waals surface area (Å²) < 4.78 is 58.7. The molecule has 0 fully saturated rings. The van der Waals surface area contributed by atoms with Gasteiger partial charge < -0.3 is 10.5 Å². The van der Waals surface area contributed by atoms with Crippen LogP contribution in [-0.2, 0) is 6.73 Å². The second kappa shape index (κ2) is 5.03. The first-order chi connectivity index (χ1) is 9.32. The summed E-state index contributed by atoms with van der Waals surface area (Å²) in [4.78, 5) is 0. The quantitative estimate of drug-likeness (QED) is 0.698. The Morgan fingerprint density at radius 2 is 1.70 bits per heavy atom. The number of nitrogens with two attached hydrogens (primary N) is 1. The van der Waals surface area contributed by atoms with Crippen LogP contribution in [0.5, 0.6) is 5.75 Å². The van der Waals surface area contributed by atoms with E-state index in [1.54, 1.807) is 13.8 Å². The molecule has 0 atom stereocenters. The number of nitrogens with zero attached hydrogens (tertiary/aromatic N) is 2. The van der Waals surface area contributed by atoms with Gasteiger partial charge in [-0.15, -0.1) is 0 Å². The molecule has 1 heterocycles. The Labute approximate surface area is 111 Å². The van der Waals surface area contributed by atoms with Gasteiger partial charge in [0.1, 0.15) is 0 Å². The zero-order valence-electron chi connectivity index (χ0n) is 10.7. The first kappa shape index (κ1) is 14.2. The number of aromatic nitrogens is 2. The minimum absolute atomic E-state index is 0.110. The van der Waals surface area contributed by atoms with Gasteiger partial charge in [0.2, 0.25) is 11.6 Å². The molecule has 0 saturated carbocycles. The van der Waals surface area contributed by atoms with E-state index >= 15 is 0 Å². The van der Waals surface area contributed by atoms with Crippen LogP contribution in [0.1, 0.15) is 11.4 Å². The van der Waals surface area contributed by atoms with E-state index in [2.05, 4.69) is 5.10 Å². The van der Waals surface area contributed by atoms with Crippen molar-refractivity contribution in [1.82, 2.24) is 9.78 Å².